The first-order chi connectivity index (χ1) is 21.3. The number of imide groups is 1. The van der Waals surface area contributed by atoms with E-state index in [9.17, 15) is 24.5 Å². The highest BCUT2D eigenvalue weighted by Crippen LogP contribution is 2.69. The second-order valence-corrected chi connectivity index (χ2v) is 14.3. The largest absolute Gasteiger partial charge is 0.489 e. The van der Waals surface area contributed by atoms with Gasteiger partial charge in [-0.25, -0.2) is 0 Å². The summed E-state index contributed by atoms with van der Waals surface area (Å²) in [6, 6.07) is 21.7. The molecule has 4 aromatic rings. The van der Waals surface area contributed by atoms with E-state index >= 15 is 0 Å². The Labute approximate surface area is 260 Å². The zero-order chi connectivity index (χ0) is 30.3. The molecule has 0 spiro atoms. The fraction of sp³-hybridized carbons (Fsp3) is 0.303. The van der Waals surface area contributed by atoms with Crippen LogP contribution < -0.4 is 14.5 Å². The number of para-hydroxylation sites is 1. The third kappa shape index (κ3) is 4.09. The molecule has 2 saturated carbocycles. The number of nitrogens with zero attached hydrogens (tertiary/aromatic N) is 2. The van der Waals surface area contributed by atoms with Crippen molar-refractivity contribution in [2.45, 2.75) is 36.1 Å². The van der Waals surface area contributed by atoms with Gasteiger partial charge in [-0.2, -0.15) is 0 Å². The van der Waals surface area contributed by atoms with Crippen LogP contribution in [0.25, 0.3) is 0 Å². The molecule has 1 saturated heterocycles. The molecule has 5 unspecified atom stereocenters. The molecule has 8 rings (SSSR count). The number of thiazole rings is 1. The van der Waals surface area contributed by atoms with Crippen molar-refractivity contribution < 1.29 is 19.2 Å². The number of aryl methyl sites for hydroxylation is 1. The number of fused-ring (bicyclic) bond motifs is 9. The Bertz CT molecular complexity index is 1890. The Hall–Kier alpha value is -4.22. The van der Waals surface area contributed by atoms with Gasteiger partial charge in [0.2, 0.25) is 11.8 Å². The van der Waals surface area contributed by atoms with E-state index in [2.05, 4.69) is 4.98 Å². The fourth-order valence-electron chi connectivity index (χ4n) is 8.07. The van der Waals surface area contributed by atoms with Crippen molar-refractivity contribution in [2.75, 3.05) is 4.90 Å². The van der Waals surface area contributed by atoms with E-state index in [4.69, 9.17) is 4.74 Å². The first-order valence-electron chi connectivity index (χ1n) is 14.6. The number of nitrogens with one attached hydrogen (secondary N) is 1. The first kappa shape index (κ1) is 27.3. The summed E-state index contributed by atoms with van der Waals surface area (Å²) < 4.78 is 6.36. The topological polar surface area (TPSA) is 123 Å². The Morgan fingerprint density at radius 2 is 1.70 bits per heavy atom. The molecule has 7 atom stereocenters. The maximum Gasteiger partial charge on any atom is 0.305 e. The third-order valence-corrected chi connectivity index (χ3v) is 12.4. The number of nitro groups is 1. The van der Waals surface area contributed by atoms with Gasteiger partial charge in [0.15, 0.2) is 0 Å². The quantitative estimate of drug-likeness (QED) is 0.161. The van der Waals surface area contributed by atoms with Crippen LogP contribution in [0, 0.1) is 46.6 Å². The summed E-state index contributed by atoms with van der Waals surface area (Å²) in [7, 11) is 0. The minimum Gasteiger partial charge on any atom is -0.489 e. The maximum absolute atomic E-state index is 14.0. The summed E-state index contributed by atoms with van der Waals surface area (Å²) in [4.78, 5) is 57.0. The van der Waals surface area contributed by atoms with Gasteiger partial charge in [-0.15, -0.1) is 11.8 Å². The number of rotatable bonds is 6. The molecule has 1 aromatic heterocycles. The number of ether oxygens (including phenoxy) is 1. The van der Waals surface area contributed by atoms with E-state index in [0.29, 0.717) is 17.0 Å². The SMILES string of the molecule is Cc1ccc(COc2ccc([N+](=O)[O-])cc2C2c3sc(=O)[nH]c3SC3C2[C@H]2C[C@@H]3C3C(=O)N(c4ccccc4)C(=O)C32)cc1. The molecule has 0 radical (unpaired) electrons. The first-order valence-corrected chi connectivity index (χ1v) is 16.3. The van der Waals surface area contributed by atoms with Gasteiger partial charge in [-0.3, -0.25) is 29.4 Å². The number of hydrogen-bond acceptors (Lipinski definition) is 8. The summed E-state index contributed by atoms with van der Waals surface area (Å²) >= 11 is 2.70. The maximum atomic E-state index is 14.0. The number of aromatic amines is 1. The van der Waals surface area contributed by atoms with Gasteiger partial charge in [-0.1, -0.05) is 59.4 Å². The standard InChI is InChI=1S/C33H27N3O6S2/c1-16-7-9-17(10-8-16)15-42-23-12-11-19(36(40)41)13-20(23)24-25-21-14-22(28(25)43-30-29(24)44-33(39)34-30)27-26(21)31(37)35(32(27)38)18-5-3-2-4-6-18/h2-13,21-22,24-28H,14-15H2,1H3,(H,34,39)/t21-,22-,24?,25?,26?,27?,28?/m1/s1. The highest BCUT2D eigenvalue weighted by atomic mass is 32.2. The molecule has 3 fully saturated rings. The minimum atomic E-state index is -0.468. The van der Waals surface area contributed by atoms with Gasteiger partial charge in [0, 0.05) is 33.7 Å². The summed E-state index contributed by atoms with van der Waals surface area (Å²) in [6.07, 6.45) is 0.724. The molecule has 3 heterocycles. The lowest BCUT2D eigenvalue weighted by atomic mass is 9.68. The number of carbonyl (C=O) groups is 2. The highest BCUT2D eigenvalue weighted by Gasteiger charge is 2.70. The number of amides is 2. The van der Waals surface area contributed by atoms with Crippen LogP contribution in [0.3, 0.4) is 0 Å². The number of H-pyrrole nitrogens is 1. The van der Waals surface area contributed by atoms with Crippen molar-refractivity contribution >= 4 is 46.3 Å². The lowest BCUT2D eigenvalue weighted by molar-refractivity contribution is -0.385. The van der Waals surface area contributed by atoms with Crippen LogP contribution in [0.15, 0.2) is 82.6 Å². The van der Waals surface area contributed by atoms with Crippen LogP contribution in [0.4, 0.5) is 11.4 Å². The normalized spacial score (nSPS) is 28.1. The number of carbonyl (C=O) groups excluding carboxylic acids is 2. The van der Waals surface area contributed by atoms with Gasteiger partial charge in [-0.05, 0) is 54.9 Å². The van der Waals surface area contributed by atoms with E-state index in [1.165, 1.54) is 11.0 Å². The Kier molecular flexibility index (Phi) is 6.32. The number of anilines is 1. The molecule has 3 aromatic carbocycles. The van der Waals surface area contributed by atoms with Crippen LogP contribution in [-0.4, -0.2) is 27.0 Å². The van der Waals surface area contributed by atoms with E-state index in [1.807, 2.05) is 49.4 Å². The van der Waals surface area contributed by atoms with Crippen molar-refractivity contribution in [1.29, 1.82) is 0 Å². The van der Waals surface area contributed by atoms with E-state index in [1.54, 1.807) is 36.0 Å². The molecule has 4 aliphatic rings. The summed E-state index contributed by atoms with van der Waals surface area (Å²) in [6.45, 7) is 2.28. The zero-order valence-corrected chi connectivity index (χ0v) is 25.2. The number of benzene rings is 3. The molecule has 2 bridgehead atoms. The second-order valence-electron chi connectivity index (χ2n) is 12.1. The van der Waals surface area contributed by atoms with Gasteiger partial charge >= 0.3 is 4.87 Å². The average molecular weight is 626 g/mol. The van der Waals surface area contributed by atoms with Gasteiger partial charge in [0.05, 0.1) is 27.5 Å². The Balaban J connectivity index is 1.23. The summed E-state index contributed by atoms with van der Waals surface area (Å²) in [5.41, 5.74) is 3.25. The van der Waals surface area contributed by atoms with Gasteiger partial charge in [0.1, 0.15) is 12.4 Å². The number of nitro benzene ring substituents is 1. The smallest absolute Gasteiger partial charge is 0.305 e. The van der Waals surface area contributed by atoms with Gasteiger partial charge < -0.3 is 9.72 Å². The lowest BCUT2D eigenvalue weighted by Crippen LogP contribution is -2.42. The van der Waals surface area contributed by atoms with Crippen molar-refractivity contribution in [1.82, 2.24) is 4.98 Å². The van der Waals surface area contributed by atoms with E-state index in [0.717, 1.165) is 38.8 Å². The summed E-state index contributed by atoms with van der Waals surface area (Å²) in [5, 5.41) is 12.7. The molecule has 9 nitrogen and oxygen atoms in total. The number of non-ortho nitro benzene ring substituents is 1. The van der Waals surface area contributed by atoms with Crippen molar-refractivity contribution in [3.05, 3.63) is 114 Å². The van der Waals surface area contributed by atoms with Crippen LogP contribution >= 0.6 is 23.1 Å². The van der Waals surface area contributed by atoms with Gasteiger partial charge in [0.25, 0.3) is 5.69 Å². The minimum absolute atomic E-state index is 0.0410. The van der Waals surface area contributed by atoms with Crippen molar-refractivity contribution in [2.24, 2.45) is 29.6 Å². The Morgan fingerprint density at radius 3 is 2.43 bits per heavy atom. The van der Waals surface area contributed by atoms with Crippen molar-refractivity contribution in [3.63, 3.8) is 0 Å². The zero-order valence-electron chi connectivity index (χ0n) is 23.5. The molecular weight excluding hydrogens is 599 g/mol. The van der Waals surface area contributed by atoms with E-state index in [-0.39, 0.29) is 52.0 Å². The predicted octanol–water partition coefficient (Wildman–Crippen LogP) is 5.91. The Morgan fingerprint density at radius 1 is 0.977 bits per heavy atom. The molecule has 222 valence electrons. The molecule has 44 heavy (non-hydrogen) atoms. The fourth-order valence-corrected chi connectivity index (χ4v) is 10.9. The van der Waals surface area contributed by atoms with E-state index < -0.39 is 22.7 Å². The van der Waals surface area contributed by atoms with Crippen LogP contribution in [0.2, 0.25) is 0 Å². The second kappa shape index (κ2) is 10.2. The third-order valence-electron chi connectivity index (χ3n) is 9.79. The molecule has 2 amide bonds. The van der Waals surface area contributed by atoms with Crippen LogP contribution in [0.5, 0.6) is 5.75 Å². The molecule has 1 N–H and O–H groups in total. The predicted molar refractivity (Wildman–Crippen MR) is 166 cm³/mol. The van der Waals surface area contributed by atoms with Crippen molar-refractivity contribution in [3.8, 4) is 5.75 Å². The monoisotopic (exact) mass is 625 g/mol. The molecular formula is C33H27N3O6S2. The molecule has 2 aliphatic carbocycles. The average Bonchev–Trinajstić information content (AvgIpc) is 3.76. The van der Waals surface area contributed by atoms with Crippen LogP contribution in [-0.2, 0) is 16.2 Å². The number of aromatic nitrogens is 1. The molecule has 2 aliphatic heterocycles. The highest BCUT2D eigenvalue weighted by molar-refractivity contribution is 8.00. The lowest BCUT2D eigenvalue weighted by Gasteiger charge is -2.43. The number of thioether (sulfide) groups is 1. The number of hydrogen-bond donors (Lipinski definition) is 1. The van der Waals surface area contributed by atoms with Crippen LogP contribution in [0.1, 0.15) is 33.9 Å². The summed E-state index contributed by atoms with van der Waals surface area (Å²) in [5.74, 6) is -1.40. The molecule has 11 heteroatoms.